The van der Waals surface area contributed by atoms with Crippen LogP contribution in [0.2, 0.25) is 0 Å². The number of hydrogen-bond donors (Lipinski definition) is 1. The molecule has 0 unspecified atom stereocenters. The summed E-state index contributed by atoms with van der Waals surface area (Å²) in [6.07, 6.45) is 2.21. The van der Waals surface area contributed by atoms with E-state index in [9.17, 15) is 5.11 Å². The van der Waals surface area contributed by atoms with E-state index in [1.165, 1.54) is 0 Å². The Morgan fingerprint density at radius 2 is 2.00 bits per heavy atom. The van der Waals surface area contributed by atoms with Gasteiger partial charge in [0, 0.05) is 24.3 Å². The van der Waals surface area contributed by atoms with Crippen LogP contribution in [0.25, 0.3) is 0 Å². The van der Waals surface area contributed by atoms with Gasteiger partial charge in [-0.2, -0.15) is 0 Å². The van der Waals surface area contributed by atoms with Crippen molar-refractivity contribution in [1.29, 1.82) is 0 Å². The van der Waals surface area contributed by atoms with Gasteiger partial charge in [0.05, 0.1) is 6.61 Å². The lowest BCUT2D eigenvalue weighted by molar-refractivity contribution is 0.0850. The average Bonchev–Trinajstić information content (AvgIpc) is 3.12. The molecule has 2 saturated heterocycles. The van der Waals surface area contributed by atoms with Crippen LogP contribution in [0.1, 0.15) is 24.0 Å². The highest BCUT2D eigenvalue weighted by molar-refractivity contribution is 8.29. The van der Waals surface area contributed by atoms with E-state index in [1.54, 1.807) is 0 Å². The molecule has 5 heteroatoms. The van der Waals surface area contributed by atoms with Crippen LogP contribution in [-0.4, -0.2) is 22.7 Å². The average molecular weight is 270 g/mol. The van der Waals surface area contributed by atoms with Gasteiger partial charge >= 0.3 is 0 Å². The molecule has 0 amide bonds. The highest BCUT2D eigenvalue weighted by Crippen LogP contribution is 2.67. The van der Waals surface area contributed by atoms with Crippen LogP contribution in [0.15, 0.2) is 18.2 Å². The molecule has 1 spiro atoms. The molecule has 1 aromatic carbocycles. The molecule has 1 aromatic rings. The topological polar surface area (TPSA) is 54.5 Å². The highest BCUT2D eigenvalue weighted by atomic mass is 32.3. The predicted molar refractivity (Wildman–Crippen MR) is 70.2 cm³/mol. The lowest BCUT2D eigenvalue weighted by Gasteiger charge is -2.28. The summed E-state index contributed by atoms with van der Waals surface area (Å²) in [5.41, 5.74) is 2.01. The maximum atomic E-state index is 9.18. The summed E-state index contributed by atoms with van der Waals surface area (Å²) in [5, 5.41) is 9.18. The molecule has 0 aromatic heterocycles. The summed E-state index contributed by atoms with van der Waals surface area (Å²) in [4.78, 5) is 0. The number of aryl methyl sites for hydroxylation is 1. The third-order valence-corrected chi connectivity index (χ3v) is 5.59. The second-order valence-electron chi connectivity index (χ2n) is 4.92. The van der Waals surface area contributed by atoms with Gasteiger partial charge in [-0.3, -0.25) is 0 Å². The normalized spacial score (nSPS) is 23.9. The molecule has 3 rings (SSSR count). The van der Waals surface area contributed by atoms with Gasteiger partial charge in [0.2, 0.25) is 0 Å². The van der Waals surface area contributed by atoms with E-state index in [2.05, 4.69) is 0 Å². The predicted octanol–water partition coefficient (Wildman–Crippen LogP) is 2.62. The molecule has 1 N–H and O–H groups in total. The molecule has 0 saturated carbocycles. The van der Waals surface area contributed by atoms with Crippen molar-refractivity contribution in [3.63, 3.8) is 0 Å². The van der Waals surface area contributed by atoms with Crippen LogP contribution in [0.4, 0.5) is 0 Å². The van der Waals surface area contributed by atoms with Gasteiger partial charge < -0.3 is 9.84 Å². The first-order valence-electron chi connectivity index (χ1n) is 6.24. The fourth-order valence-electron chi connectivity index (χ4n) is 2.34. The van der Waals surface area contributed by atoms with E-state index >= 15 is 0 Å². The van der Waals surface area contributed by atoms with Crippen molar-refractivity contribution in [2.45, 2.75) is 32.5 Å². The number of ether oxygens (including phenoxy) is 1. The largest absolute Gasteiger partial charge is 0.490 e. The lowest BCUT2D eigenvalue weighted by atomic mass is 10.1. The minimum atomic E-state index is -1.10. The van der Waals surface area contributed by atoms with E-state index < -0.39 is 10.6 Å². The third-order valence-electron chi connectivity index (χ3n) is 3.36. The Kier molecular flexibility index (Phi) is 3.23. The van der Waals surface area contributed by atoms with Crippen LogP contribution < -0.4 is 4.74 Å². The van der Waals surface area contributed by atoms with Crippen molar-refractivity contribution in [3.05, 3.63) is 29.3 Å². The van der Waals surface area contributed by atoms with Gasteiger partial charge in [0.25, 0.3) is 0 Å². The summed E-state index contributed by atoms with van der Waals surface area (Å²) in [6, 6.07) is 5.90. The monoisotopic (exact) mass is 270 g/mol. The molecule has 18 heavy (non-hydrogen) atoms. The number of rotatable bonds is 3. The smallest absolute Gasteiger partial charge is 0.120 e. The Morgan fingerprint density at radius 3 is 2.61 bits per heavy atom. The van der Waals surface area contributed by atoms with Crippen LogP contribution in [0, 0.1) is 6.92 Å². The van der Waals surface area contributed by atoms with Crippen molar-refractivity contribution < 1.29 is 18.5 Å². The SMILES string of the molecule is Cc1cc(CO)cc(OC2CCS3(CC2)OO3)c1. The summed E-state index contributed by atoms with van der Waals surface area (Å²) in [7, 11) is -1.10. The number of benzene rings is 1. The van der Waals surface area contributed by atoms with E-state index in [4.69, 9.17) is 13.4 Å². The minimum absolute atomic E-state index is 0.0532. The van der Waals surface area contributed by atoms with Gasteiger partial charge in [0.1, 0.15) is 11.9 Å². The maximum Gasteiger partial charge on any atom is 0.120 e. The van der Waals surface area contributed by atoms with Crippen molar-refractivity contribution >= 4 is 10.6 Å². The van der Waals surface area contributed by atoms with Gasteiger partial charge in [-0.1, -0.05) is 6.07 Å². The van der Waals surface area contributed by atoms with Gasteiger partial charge in [-0.05, 0) is 30.2 Å². The summed E-state index contributed by atoms with van der Waals surface area (Å²) >= 11 is 0. The Labute approximate surface area is 109 Å². The van der Waals surface area contributed by atoms with E-state index in [1.807, 2.05) is 25.1 Å². The molecule has 0 radical (unpaired) electrons. The first-order chi connectivity index (χ1) is 8.69. The van der Waals surface area contributed by atoms with Gasteiger partial charge in [-0.15, -0.1) is 19.3 Å². The molecular formula is C13H18O4S. The Balaban J connectivity index is 1.63. The molecule has 0 atom stereocenters. The quantitative estimate of drug-likeness (QED) is 0.677. The standard InChI is InChI=1S/C13H18O4S/c1-10-6-11(9-14)8-13(7-10)15-12-2-4-18(5-3-12)16-17-18/h6-8,12,14H,2-5,9H2,1H3. The number of aliphatic hydroxyl groups is 1. The highest BCUT2D eigenvalue weighted by Gasteiger charge is 2.42. The molecule has 2 aliphatic heterocycles. The minimum Gasteiger partial charge on any atom is -0.490 e. The first-order valence-corrected chi connectivity index (χ1v) is 8.06. The third kappa shape index (κ3) is 2.64. The zero-order valence-electron chi connectivity index (χ0n) is 10.4. The summed E-state index contributed by atoms with van der Waals surface area (Å²) in [6.45, 7) is 2.07. The van der Waals surface area contributed by atoms with Crippen LogP contribution >= 0.6 is 10.6 Å². The summed E-state index contributed by atoms with van der Waals surface area (Å²) < 4.78 is 16.2. The molecule has 2 aliphatic rings. The fraction of sp³-hybridized carbons (Fsp3) is 0.538. The Morgan fingerprint density at radius 1 is 1.28 bits per heavy atom. The second kappa shape index (κ2) is 4.74. The fourth-order valence-corrected chi connectivity index (χ4v) is 4.37. The molecule has 2 fully saturated rings. The Bertz CT molecular complexity index is 435. The van der Waals surface area contributed by atoms with Crippen LogP contribution in [-0.2, 0) is 15.3 Å². The Hall–Kier alpha value is -0.750. The van der Waals surface area contributed by atoms with Gasteiger partial charge in [0.15, 0.2) is 0 Å². The van der Waals surface area contributed by atoms with Crippen LogP contribution in [0.5, 0.6) is 5.75 Å². The molecular weight excluding hydrogens is 252 g/mol. The molecule has 0 bridgehead atoms. The van der Waals surface area contributed by atoms with Crippen molar-refractivity contribution in [1.82, 2.24) is 0 Å². The van der Waals surface area contributed by atoms with Crippen molar-refractivity contribution in [3.8, 4) is 5.75 Å². The maximum absolute atomic E-state index is 9.18. The number of hydrogen-bond acceptors (Lipinski definition) is 4. The zero-order valence-corrected chi connectivity index (χ0v) is 11.2. The van der Waals surface area contributed by atoms with Crippen molar-refractivity contribution in [2.24, 2.45) is 0 Å². The molecule has 100 valence electrons. The van der Waals surface area contributed by atoms with Gasteiger partial charge in [-0.25, -0.2) is 0 Å². The zero-order chi connectivity index (χ0) is 12.6. The second-order valence-corrected chi connectivity index (χ2v) is 7.49. The van der Waals surface area contributed by atoms with E-state index in [0.717, 1.165) is 41.2 Å². The first kappa shape index (κ1) is 12.3. The number of aliphatic hydroxyl groups excluding tert-OH is 1. The van der Waals surface area contributed by atoms with Crippen LogP contribution in [0.3, 0.4) is 0 Å². The van der Waals surface area contributed by atoms with E-state index in [-0.39, 0.29) is 12.7 Å². The molecule has 4 nitrogen and oxygen atoms in total. The van der Waals surface area contributed by atoms with E-state index in [0.29, 0.717) is 0 Å². The summed E-state index contributed by atoms with van der Waals surface area (Å²) in [5.74, 6) is 2.82. The van der Waals surface area contributed by atoms with Crippen molar-refractivity contribution in [2.75, 3.05) is 11.5 Å². The molecule has 0 aliphatic carbocycles. The molecule has 2 heterocycles. The lowest BCUT2D eigenvalue weighted by Crippen LogP contribution is -2.25.